The molecule has 5 atom stereocenters. The van der Waals surface area contributed by atoms with E-state index >= 15 is 0 Å². The summed E-state index contributed by atoms with van der Waals surface area (Å²) >= 11 is 0. The van der Waals surface area contributed by atoms with E-state index in [-0.39, 0.29) is 37.7 Å². The SMILES string of the molecule is CC(C)C[C@H](N)[C@@H](O)C[C@H](C(=O)C(=O)NC(=O)[C@H](Cc1c[nH]cn1)NC(=O)[C@H](Cc1ccccc1)NC(=O)OCc1ccccc1)C(C)C. The van der Waals surface area contributed by atoms with Crippen molar-refractivity contribution < 1.29 is 33.8 Å². The Morgan fingerprint density at radius 3 is 2.02 bits per heavy atom. The average molecular weight is 677 g/mol. The number of ketones is 1. The molecular formula is C36H48N6O7. The van der Waals surface area contributed by atoms with Crippen LogP contribution in [-0.2, 0) is 43.4 Å². The summed E-state index contributed by atoms with van der Waals surface area (Å²) in [5.41, 5.74) is 8.01. The maximum Gasteiger partial charge on any atom is 0.408 e. The Morgan fingerprint density at radius 1 is 0.837 bits per heavy atom. The standard InChI is InChI=1S/C36H48N6O7/c1-22(2)15-28(37)31(43)18-27(23(3)4)32(44)35(47)42-34(46)30(17-26-19-38-21-39-26)40-33(45)29(16-24-11-7-5-8-12-24)41-36(48)49-20-25-13-9-6-10-14-25/h5-14,19,21-23,27-31,43H,15-18,20,37H2,1-4H3,(H,38,39)(H,40,45)(H,41,48)(H,42,46,47)/t27-,28-,29-,30-,31-/m0/s1. The van der Waals surface area contributed by atoms with Crippen LogP contribution in [0.5, 0.6) is 0 Å². The predicted molar refractivity (Wildman–Crippen MR) is 182 cm³/mol. The number of aliphatic hydroxyl groups excluding tert-OH is 1. The molecule has 0 aliphatic heterocycles. The van der Waals surface area contributed by atoms with Gasteiger partial charge in [0.25, 0.3) is 5.91 Å². The van der Waals surface area contributed by atoms with E-state index in [0.29, 0.717) is 12.1 Å². The summed E-state index contributed by atoms with van der Waals surface area (Å²) < 4.78 is 5.33. The Morgan fingerprint density at radius 2 is 1.45 bits per heavy atom. The lowest BCUT2D eigenvalue weighted by Crippen LogP contribution is -2.56. The van der Waals surface area contributed by atoms with Crippen molar-refractivity contribution in [1.82, 2.24) is 25.9 Å². The van der Waals surface area contributed by atoms with Gasteiger partial charge >= 0.3 is 6.09 Å². The number of amides is 4. The third-order valence-corrected chi connectivity index (χ3v) is 8.04. The lowest BCUT2D eigenvalue weighted by atomic mass is 9.83. The van der Waals surface area contributed by atoms with Gasteiger partial charge in [-0.25, -0.2) is 9.78 Å². The number of nitrogens with two attached hydrogens (primary N) is 1. The van der Waals surface area contributed by atoms with Crippen LogP contribution in [0.15, 0.2) is 73.2 Å². The van der Waals surface area contributed by atoms with Crippen molar-refractivity contribution in [2.45, 2.75) is 84.2 Å². The van der Waals surface area contributed by atoms with Crippen LogP contribution >= 0.6 is 0 Å². The zero-order valence-electron chi connectivity index (χ0n) is 28.4. The molecule has 13 heteroatoms. The molecular weight excluding hydrogens is 628 g/mol. The number of carbonyl (C=O) groups excluding carboxylic acids is 5. The van der Waals surface area contributed by atoms with Crippen molar-refractivity contribution in [3.8, 4) is 0 Å². The number of rotatable bonds is 18. The van der Waals surface area contributed by atoms with E-state index in [1.165, 1.54) is 12.5 Å². The molecule has 4 amide bonds. The van der Waals surface area contributed by atoms with Crippen molar-refractivity contribution in [2.24, 2.45) is 23.5 Å². The number of Topliss-reactive ketones (excluding diaryl/α,β-unsaturated/α-hetero) is 1. The zero-order chi connectivity index (χ0) is 35.9. The molecule has 0 saturated heterocycles. The van der Waals surface area contributed by atoms with Gasteiger partial charge in [-0.3, -0.25) is 24.5 Å². The maximum absolute atomic E-state index is 13.7. The van der Waals surface area contributed by atoms with Gasteiger partial charge in [-0.15, -0.1) is 0 Å². The van der Waals surface area contributed by atoms with Crippen LogP contribution < -0.4 is 21.7 Å². The van der Waals surface area contributed by atoms with Crippen molar-refractivity contribution in [3.05, 3.63) is 90.0 Å². The molecule has 49 heavy (non-hydrogen) atoms. The predicted octanol–water partition coefficient (Wildman–Crippen LogP) is 2.58. The number of hydrogen-bond donors (Lipinski definition) is 6. The summed E-state index contributed by atoms with van der Waals surface area (Å²) in [5, 5.41) is 18.0. The molecule has 0 radical (unpaired) electrons. The Balaban J connectivity index is 1.75. The molecule has 0 aliphatic rings. The Kier molecular flexibility index (Phi) is 15.1. The number of hydrogen-bond acceptors (Lipinski definition) is 9. The van der Waals surface area contributed by atoms with Crippen molar-refractivity contribution in [1.29, 1.82) is 0 Å². The Hall–Kier alpha value is -4.88. The van der Waals surface area contributed by atoms with Gasteiger partial charge in [-0.2, -0.15) is 0 Å². The van der Waals surface area contributed by atoms with Gasteiger partial charge in [0.15, 0.2) is 0 Å². The number of nitrogens with zero attached hydrogens (tertiary/aromatic N) is 1. The maximum atomic E-state index is 13.7. The Bertz CT molecular complexity index is 1500. The monoisotopic (exact) mass is 676 g/mol. The van der Waals surface area contributed by atoms with Gasteiger partial charge in [0.2, 0.25) is 17.6 Å². The van der Waals surface area contributed by atoms with Crippen LogP contribution in [0.3, 0.4) is 0 Å². The minimum atomic E-state index is -1.35. The molecule has 0 spiro atoms. The van der Waals surface area contributed by atoms with E-state index in [1.807, 2.05) is 26.0 Å². The van der Waals surface area contributed by atoms with E-state index in [4.69, 9.17) is 10.5 Å². The molecule has 0 fully saturated rings. The first-order valence-electron chi connectivity index (χ1n) is 16.5. The number of aromatic amines is 1. The first-order valence-corrected chi connectivity index (χ1v) is 16.5. The highest BCUT2D eigenvalue weighted by Crippen LogP contribution is 2.21. The third-order valence-electron chi connectivity index (χ3n) is 8.04. The first kappa shape index (κ1) is 38.6. The smallest absolute Gasteiger partial charge is 0.408 e. The third kappa shape index (κ3) is 12.9. The molecule has 264 valence electrons. The number of benzene rings is 2. The number of imide groups is 1. The summed E-state index contributed by atoms with van der Waals surface area (Å²) in [6.07, 6.45) is 1.47. The van der Waals surface area contributed by atoms with Crippen LogP contribution in [0.25, 0.3) is 0 Å². The summed E-state index contributed by atoms with van der Waals surface area (Å²) in [4.78, 5) is 73.3. The molecule has 0 saturated carbocycles. The lowest BCUT2D eigenvalue weighted by molar-refractivity contribution is -0.145. The molecule has 3 aromatic rings. The molecule has 3 rings (SSSR count). The number of H-pyrrole nitrogens is 1. The minimum absolute atomic E-state index is 0.0231. The number of aromatic nitrogens is 2. The minimum Gasteiger partial charge on any atom is -0.445 e. The fourth-order valence-corrected chi connectivity index (χ4v) is 5.31. The second kappa shape index (κ2) is 19.2. The van der Waals surface area contributed by atoms with Crippen LogP contribution in [0.4, 0.5) is 4.79 Å². The molecule has 1 heterocycles. The molecule has 0 unspecified atom stereocenters. The van der Waals surface area contributed by atoms with Crippen molar-refractivity contribution in [2.75, 3.05) is 0 Å². The highest BCUT2D eigenvalue weighted by atomic mass is 16.5. The molecule has 0 bridgehead atoms. The number of alkyl carbamates (subject to hydrolysis) is 1. The molecule has 13 nitrogen and oxygen atoms in total. The van der Waals surface area contributed by atoms with Gasteiger partial charge in [0, 0.05) is 31.0 Å². The van der Waals surface area contributed by atoms with E-state index < -0.39 is 59.7 Å². The molecule has 1 aromatic heterocycles. The number of nitrogens with one attached hydrogen (secondary N) is 4. The second-order valence-corrected chi connectivity index (χ2v) is 12.9. The highest BCUT2D eigenvalue weighted by molar-refractivity contribution is 6.39. The van der Waals surface area contributed by atoms with Gasteiger partial charge in [-0.1, -0.05) is 88.4 Å². The summed E-state index contributed by atoms with van der Waals surface area (Å²) in [6.45, 7) is 7.39. The van der Waals surface area contributed by atoms with Gasteiger partial charge in [0.1, 0.15) is 18.7 Å². The van der Waals surface area contributed by atoms with Crippen LogP contribution in [0, 0.1) is 17.8 Å². The van der Waals surface area contributed by atoms with E-state index in [2.05, 4.69) is 25.9 Å². The van der Waals surface area contributed by atoms with E-state index in [9.17, 15) is 29.1 Å². The normalized spacial score (nSPS) is 14.3. The highest BCUT2D eigenvalue weighted by Gasteiger charge is 2.35. The number of ether oxygens (including phenoxy) is 1. The van der Waals surface area contributed by atoms with Gasteiger partial charge < -0.3 is 31.2 Å². The van der Waals surface area contributed by atoms with E-state index in [1.54, 1.807) is 62.4 Å². The van der Waals surface area contributed by atoms with E-state index in [0.717, 1.165) is 11.1 Å². The lowest BCUT2D eigenvalue weighted by Gasteiger charge is -2.26. The molecule has 2 aromatic carbocycles. The Labute approximate surface area is 286 Å². The zero-order valence-corrected chi connectivity index (χ0v) is 28.4. The average Bonchev–Trinajstić information content (AvgIpc) is 3.59. The number of aliphatic hydroxyl groups is 1. The fourth-order valence-electron chi connectivity index (χ4n) is 5.31. The molecule has 7 N–H and O–H groups in total. The number of imidazole rings is 1. The molecule has 0 aliphatic carbocycles. The topological polar surface area (TPSA) is 206 Å². The van der Waals surface area contributed by atoms with Crippen LogP contribution in [0.2, 0.25) is 0 Å². The quantitative estimate of drug-likeness (QED) is 0.109. The first-order chi connectivity index (χ1) is 23.3. The second-order valence-electron chi connectivity index (χ2n) is 12.9. The fraction of sp³-hybridized carbons (Fsp3) is 0.444. The summed E-state index contributed by atoms with van der Waals surface area (Å²) in [7, 11) is 0. The van der Waals surface area contributed by atoms with Crippen LogP contribution in [0.1, 0.15) is 57.4 Å². The largest absolute Gasteiger partial charge is 0.445 e. The summed E-state index contributed by atoms with van der Waals surface area (Å²) in [6, 6.07) is 14.9. The van der Waals surface area contributed by atoms with Gasteiger partial charge in [0.05, 0.1) is 18.1 Å². The van der Waals surface area contributed by atoms with Crippen molar-refractivity contribution >= 4 is 29.6 Å². The summed E-state index contributed by atoms with van der Waals surface area (Å²) in [5.74, 6) is -4.73. The number of carbonyl (C=O) groups is 5. The van der Waals surface area contributed by atoms with Crippen LogP contribution in [-0.4, -0.2) is 68.9 Å². The van der Waals surface area contributed by atoms with Gasteiger partial charge in [-0.05, 0) is 35.8 Å². The van der Waals surface area contributed by atoms with Crippen molar-refractivity contribution in [3.63, 3.8) is 0 Å².